The fourth-order valence-electron chi connectivity index (χ4n) is 3.15. The SMILES string of the molecule is CC(C(=O)NC1CC1)N1CCN(C(=O)Cc2ccc(OC(F)F)cc2)CC1. The van der Waals surface area contributed by atoms with Gasteiger partial charge in [0.2, 0.25) is 11.8 Å². The Kier molecular flexibility index (Phi) is 6.26. The van der Waals surface area contributed by atoms with Gasteiger partial charge in [0.1, 0.15) is 5.75 Å². The number of halogens is 2. The molecule has 1 aromatic rings. The van der Waals surface area contributed by atoms with Gasteiger partial charge in [0.15, 0.2) is 0 Å². The number of piperazine rings is 1. The number of ether oxygens (including phenoxy) is 1. The fraction of sp³-hybridized carbons (Fsp3) is 0.579. The Balaban J connectivity index is 1.44. The van der Waals surface area contributed by atoms with Gasteiger partial charge in [-0.2, -0.15) is 8.78 Å². The Morgan fingerprint density at radius 2 is 1.78 bits per heavy atom. The van der Waals surface area contributed by atoms with Gasteiger partial charge in [-0.3, -0.25) is 14.5 Å². The van der Waals surface area contributed by atoms with Crippen molar-refractivity contribution >= 4 is 11.8 Å². The van der Waals surface area contributed by atoms with E-state index in [1.54, 1.807) is 17.0 Å². The lowest BCUT2D eigenvalue weighted by molar-refractivity contribution is -0.133. The van der Waals surface area contributed by atoms with Gasteiger partial charge in [-0.1, -0.05) is 12.1 Å². The van der Waals surface area contributed by atoms with Crippen LogP contribution in [0.25, 0.3) is 0 Å². The van der Waals surface area contributed by atoms with Gasteiger partial charge in [-0.15, -0.1) is 0 Å². The Hall–Kier alpha value is -2.22. The molecule has 0 radical (unpaired) electrons. The van der Waals surface area contributed by atoms with Crippen molar-refractivity contribution in [1.29, 1.82) is 0 Å². The van der Waals surface area contributed by atoms with Crippen molar-refractivity contribution < 1.29 is 23.1 Å². The van der Waals surface area contributed by atoms with E-state index in [0.29, 0.717) is 32.2 Å². The Morgan fingerprint density at radius 1 is 1.15 bits per heavy atom. The highest BCUT2D eigenvalue weighted by molar-refractivity contribution is 5.82. The zero-order valence-electron chi connectivity index (χ0n) is 15.4. The molecule has 0 bridgehead atoms. The van der Waals surface area contributed by atoms with Gasteiger partial charge >= 0.3 is 6.61 Å². The lowest BCUT2D eigenvalue weighted by Gasteiger charge is -2.37. The maximum Gasteiger partial charge on any atom is 0.387 e. The van der Waals surface area contributed by atoms with Crippen LogP contribution in [0.3, 0.4) is 0 Å². The summed E-state index contributed by atoms with van der Waals surface area (Å²) in [6, 6.07) is 6.28. The molecule has 1 aliphatic heterocycles. The predicted octanol–water partition coefficient (Wildman–Crippen LogP) is 1.64. The first-order valence-corrected chi connectivity index (χ1v) is 9.28. The number of benzene rings is 1. The number of nitrogens with one attached hydrogen (secondary N) is 1. The fourth-order valence-corrected chi connectivity index (χ4v) is 3.15. The summed E-state index contributed by atoms with van der Waals surface area (Å²) in [7, 11) is 0. The highest BCUT2D eigenvalue weighted by Crippen LogP contribution is 2.19. The topological polar surface area (TPSA) is 61.9 Å². The lowest BCUT2D eigenvalue weighted by Crippen LogP contribution is -2.55. The summed E-state index contributed by atoms with van der Waals surface area (Å²) in [6.07, 6.45) is 2.35. The van der Waals surface area contributed by atoms with E-state index in [1.807, 2.05) is 6.92 Å². The van der Waals surface area contributed by atoms with E-state index in [2.05, 4.69) is 15.0 Å². The molecule has 0 aromatic heterocycles. The molecule has 1 saturated heterocycles. The molecular weight excluding hydrogens is 356 g/mol. The first kappa shape index (κ1) is 19.5. The second-order valence-corrected chi connectivity index (χ2v) is 7.07. The third kappa shape index (κ3) is 5.63. The molecule has 8 heteroatoms. The second-order valence-electron chi connectivity index (χ2n) is 7.07. The molecule has 2 amide bonds. The van der Waals surface area contributed by atoms with E-state index in [4.69, 9.17) is 0 Å². The van der Waals surface area contributed by atoms with Crippen LogP contribution in [-0.4, -0.2) is 66.5 Å². The van der Waals surface area contributed by atoms with Crippen molar-refractivity contribution in [2.45, 2.75) is 44.9 Å². The molecule has 2 fully saturated rings. The van der Waals surface area contributed by atoms with Crippen LogP contribution in [0.5, 0.6) is 5.75 Å². The molecule has 2 aliphatic rings. The highest BCUT2D eigenvalue weighted by atomic mass is 19.3. The quantitative estimate of drug-likeness (QED) is 0.780. The first-order chi connectivity index (χ1) is 12.9. The van der Waals surface area contributed by atoms with E-state index in [9.17, 15) is 18.4 Å². The number of hydrogen-bond donors (Lipinski definition) is 1. The summed E-state index contributed by atoms with van der Waals surface area (Å²) < 4.78 is 28.6. The van der Waals surface area contributed by atoms with E-state index < -0.39 is 6.61 Å². The normalized spacial score (nSPS) is 19.0. The van der Waals surface area contributed by atoms with Gasteiger partial charge in [0.05, 0.1) is 12.5 Å². The summed E-state index contributed by atoms with van der Waals surface area (Å²) in [4.78, 5) is 28.5. The van der Waals surface area contributed by atoms with Crippen LogP contribution in [0.2, 0.25) is 0 Å². The van der Waals surface area contributed by atoms with E-state index in [1.165, 1.54) is 12.1 Å². The van der Waals surface area contributed by atoms with Crippen LogP contribution in [0, 0.1) is 0 Å². The molecule has 1 heterocycles. The van der Waals surface area contributed by atoms with E-state index in [-0.39, 0.29) is 30.0 Å². The van der Waals surface area contributed by atoms with Gasteiger partial charge < -0.3 is 15.0 Å². The van der Waals surface area contributed by atoms with E-state index >= 15 is 0 Å². The van der Waals surface area contributed by atoms with Crippen molar-refractivity contribution in [2.24, 2.45) is 0 Å². The van der Waals surface area contributed by atoms with Crippen molar-refractivity contribution in [3.63, 3.8) is 0 Å². The number of carbonyl (C=O) groups excluding carboxylic acids is 2. The highest BCUT2D eigenvalue weighted by Gasteiger charge is 2.30. The Labute approximate surface area is 157 Å². The molecule has 1 unspecified atom stereocenters. The van der Waals surface area contributed by atoms with Crippen molar-refractivity contribution in [3.8, 4) is 5.75 Å². The summed E-state index contributed by atoms with van der Waals surface area (Å²) >= 11 is 0. The third-order valence-electron chi connectivity index (χ3n) is 5.02. The molecular formula is C19H25F2N3O3. The maximum atomic E-state index is 12.5. The van der Waals surface area contributed by atoms with Crippen LogP contribution in [0.1, 0.15) is 25.3 Å². The number of carbonyl (C=O) groups is 2. The molecule has 27 heavy (non-hydrogen) atoms. The minimum Gasteiger partial charge on any atom is -0.435 e. The average molecular weight is 381 g/mol. The van der Waals surface area contributed by atoms with Crippen molar-refractivity contribution in [3.05, 3.63) is 29.8 Å². The molecule has 1 aromatic carbocycles. The monoisotopic (exact) mass is 381 g/mol. The van der Waals surface area contributed by atoms with Crippen LogP contribution in [0.4, 0.5) is 8.78 Å². The van der Waals surface area contributed by atoms with Crippen LogP contribution >= 0.6 is 0 Å². The number of nitrogens with zero attached hydrogens (tertiary/aromatic N) is 2. The van der Waals surface area contributed by atoms with Crippen LogP contribution in [0.15, 0.2) is 24.3 Å². The number of alkyl halides is 2. The second kappa shape index (κ2) is 8.65. The zero-order chi connectivity index (χ0) is 19.4. The molecule has 6 nitrogen and oxygen atoms in total. The van der Waals surface area contributed by atoms with Crippen LogP contribution in [-0.2, 0) is 16.0 Å². The van der Waals surface area contributed by atoms with Gasteiger partial charge in [-0.05, 0) is 37.5 Å². The minimum atomic E-state index is -2.86. The molecule has 148 valence electrons. The number of amides is 2. The number of hydrogen-bond acceptors (Lipinski definition) is 4. The molecule has 0 spiro atoms. The summed E-state index contributed by atoms with van der Waals surface area (Å²) in [6.45, 7) is 1.51. The maximum absolute atomic E-state index is 12.5. The average Bonchev–Trinajstić information content (AvgIpc) is 3.46. The molecule has 1 saturated carbocycles. The van der Waals surface area contributed by atoms with Gasteiger partial charge in [-0.25, -0.2) is 0 Å². The van der Waals surface area contributed by atoms with E-state index in [0.717, 1.165) is 18.4 Å². The standard InChI is InChI=1S/C19H25F2N3O3/c1-13(18(26)22-15-4-5-15)23-8-10-24(11-9-23)17(25)12-14-2-6-16(7-3-14)27-19(20)21/h2-3,6-7,13,15,19H,4-5,8-12H2,1H3,(H,22,26). The summed E-state index contributed by atoms with van der Waals surface area (Å²) in [5.41, 5.74) is 0.751. The largest absolute Gasteiger partial charge is 0.435 e. The zero-order valence-corrected chi connectivity index (χ0v) is 15.4. The van der Waals surface area contributed by atoms with Crippen molar-refractivity contribution in [2.75, 3.05) is 26.2 Å². The molecule has 1 N–H and O–H groups in total. The minimum absolute atomic E-state index is 0.00716. The molecule has 1 atom stereocenters. The summed E-state index contributed by atoms with van der Waals surface area (Å²) in [5, 5.41) is 3.02. The predicted molar refractivity (Wildman–Crippen MR) is 95.6 cm³/mol. The van der Waals surface area contributed by atoms with Gasteiger partial charge in [0.25, 0.3) is 0 Å². The van der Waals surface area contributed by atoms with Crippen LogP contribution < -0.4 is 10.1 Å². The Bertz CT molecular complexity index is 657. The smallest absolute Gasteiger partial charge is 0.387 e. The van der Waals surface area contributed by atoms with Crippen molar-refractivity contribution in [1.82, 2.24) is 15.1 Å². The molecule has 3 rings (SSSR count). The number of rotatable bonds is 7. The summed E-state index contributed by atoms with van der Waals surface area (Å²) in [5.74, 6) is 0.129. The third-order valence-corrected chi connectivity index (χ3v) is 5.02. The molecule has 1 aliphatic carbocycles. The first-order valence-electron chi connectivity index (χ1n) is 9.28. The lowest BCUT2D eigenvalue weighted by atomic mass is 10.1. The van der Waals surface area contributed by atoms with Gasteiger partial charge in [0, 0.05) is 32.2 Å². The Morgan fingerprint density at radius 3 is 2.33 bits per heavy atom.